The lowest BCUT2D eigenvalue weighted by Crippen LogP contribution is -2.37. The van der Waals surface area contributed by atoms with Gasteiger partial charge in [-0.25, -0.2) is 0 Å². The SMILES string of the molecule is Cc1cn(C)c2ccc(N3CCC(OCc4c(-c5c(Cl)cccc5Cl)noc4C4CC4)CC3)cc12. The minimum Gasteiger partial charge on any atom is -0.373 e. The summed E-state index contributed by atoms with van der Waals surface area (Å²) >= 11 is 13.0. The van der Waals surface area contributed by atoms with Crippen LogP contribution in [-0.4, -0.2) is 28.9 Å². The maximum absolute atomic E-state index is 6.50. The minimum atomic E-state index is 0.199. The highest BCUT2D eigenvalue weighted by Gasteiger charge is 2.34. The van der Waals surface area contributed by atoms with Crippen LogP contribution in [0.3, 0.4) is 0 Å². The summed E-state index contributed by atoms with van der Waals surface area (Å²) in [6.07, 6.45) is 6.61. The van der Waals surface area contributed by atoms with Crippen molar-refractivity contribution in [1.82, 2.24) is 9.72 Å². The fourth-order valence-corrected chi connectivity index (χ4v) is 5.88. The third-order valence-electron chi connectivity index (χ3n) is 7.41. The zero-order chi connectivity index (χ0) is 24.1. The number of benzene rings is 2. The van der Waals surface area contributed by atoms with Crippen LogP contribution in [0.25, 0.3) is 22.2 Å². The molecule has 1 saturated carbocycles. The van der Waals surface area contributed by atoms with E-state index in [1.807, 2.05) is 18.2 Å². The molecule has 0 unspecified atom stereocenters. The zero-order valence-corrected chi connectivity index (χ0v) is 21.6. The molecule has 1 aliphatic heterocycles. The number of anilines is 1. The number of nitrogens with zero attached hydrogens (tertiary/aromatic N) is 3. The van der Waals surface area contributed by atoms with Gasteiger partial charge >= 0.3 is 0 Å². The van der Waals surface area contributed by atoms with Crippen molar-refractivity contribution < 1.29 is 9.26 Å². The van der Waals surface area contributed by atoms with Gasteiger partial charge in [0.25, 0.3) is 0 Å². The summed E-state index contributed by atoms with van der Waals surface area (Å²) in [7, 11) is 2.10. The Hall–Kier alpha value is -2.47. The number of hydrogen-bond acceptors (Lipinski definition) is 4. The van der Waals surface area contributed by atoms with Gasteiger partial charge in [-0.05, 0) is 68.5 Å². The summed E-state index contributed by atoms with van der Waals surface area (Å²) in [5.74, 6) is 1.36. The number of aromatic nitrogens is 2. The van der Waals surface area contributed by atoms with Gasteiger partial charge in [-0.1, -0.05) is 34.4 Å². The molecule has 2 aromatic carbocycles. The molecule has 5 nitrogen and oxygen atoms in total. The van der Waals surface area contributed by atoms with Gasteiger partial charge in [0.15, 0.2) is 0 Å². The molecule has 1 aliphatic carbocycles. The van der Waals surface area contributed by atoms with E-state index in [0.717, 1.165) is 55.7 Å². The van der Waals surface area contributed by atoms with Crippen LogP contribution in [-0.2, 0) is 18.4 Å². The molecule has 0 atom stereocenters. The first-order chi connectivity index (χ1) is 17.0. The van der Waals surface area contributed by atoms with Crippen LogP contribution in [0.4, 0.5) is 5.69 Å². The number of fused-ring (bicyclic) bond motifs is 1. The van der Waals surface area contributed by atoms with Gasteiger partial charge in [0.05, 0.1) is 22.8 Å². The van der Waals surface area contributed by atoms with Gasteiger partial charge in [0.1, 0.15) is 11.5 Å². The monoisotopic (exact) mass is 509 g/mol. The first-order valence-corrected chi connectivity index (χ1v) is 13.1. The average molecular weight is 510 g/mol. The largest absolute Gasteiger partial charge is 0.373 e. The number of ether oxygens (including phenoxy) is 1. The summed E-state index contributed by atoms with van der Waals surface area (Å²) in [5.41, 5.74) is 6.32. The smallest absolute Gasteiger partial charge is 0.145 e. The van der Waals surface area contributed by atoms with Crippen LogP contribution >= 0.6 is 23.2 Å². The first-order valence-electron chi connectivity index (χ1n) is 12.3. The van der Waals surface area contributed by atoms with Gasteiger partial charge < -0.3 is 18.7 Å². The molecule has 2 aliphatic rings. The van der Waals surface area contributed by atoms with Crippen LogP contribution in [0, 0.1) is 6.92 Å². The maximum atomic E-state index is 6.50. The number of rotatable bonds is 6. The van der Waals surface area contributed by atoms with E-state index >= 15 is 0 Å². The van der Waals surface area contributed by atoms with E-state index in [9.17, 15) is 0 Å². The third-order valence-corrected chi connectivity index (χ3v) is 8.04. The van der Waals surface area contributed by atoms with Crippen molar-refractivity contribution in [2.24, 2.45) is 7.05 Å². The van der Waals surface area contributed by atoms with E-state index in [4.69, 9.17) is 32.5 Å². The van der Waals surface area contributed by atoms with E-state index < -0.39 is 0 Å². The molecule has 35 heavy (non-hydrogen) atoms. The minimum absolute atomic E-state index is 0.199. The summed E-state index contributed by atoms with van der Waals surface area (Å²) < 4.78 is 14.4. The second-order valence-electron chi connectivity index (χ2n) is 9.87. The molecule has 2 aromatic heterocycles. The highest BCUT2D eigenvalue weighted by atomic mass is 35.5. The van der Waals surface area contributed by atoms with Gasteiger partial charge in [0.2, 0.25) is 0 Å². The van der Waals surface area contributed by atoms with Gasteiger partial charge in [-0.2, -0.15) is 0 Å². The molecule has 1 saturated heterocycles. The predicted octanol–water partition coefficient (Wildman–Crippen LogP) is 7.51. The lowest BCUT2D eigenvalue weighted by atomic mass is 10.0. The number of aryl methyl sites for hydroxylation is 2. The van der Waals surface area contributed by atoms with Crippen LogP contribution in [0.5, 0.6) is 0 Å². The Morgan fingerprint density at radius 1 is 1.06 bits per heavy atom. The Morgan fingerprint density at radius 2 is 1.80 bits per heavy atom. The van der Waals surface area contributed by atoms with Gasteiger partial charge in [-0.3, -0.25) is 0 Å². The van der Waals surface area contributed by atoms with E-state index in [0.29, 0.717) is 28.3 Å². The van der Waals surface area contributed by atoms with Crippen LogP contribution < -0.4 is 4.90 Å². The topological polar surface area (TPSA) is 43.4 Å². The summed E-state index contributed by atoms with van der Waals surface area (Å²) in [6, 6.07) is 12.3. The molecule has 6 rings (SSSR count). The maximum Gasteiger partial charge on any atom is 0.145 e. The van der Waals surface area contributed by atoms with Crippen molar-refractivity contribution in [2.75, 3.05) is 18.0 Å². The molecule has 7 heteroatoms. The van der Waals surface area contributed by atoms with Crippen molar-refractivity contribution in [1.29, 1.82) is 0 Å². The third kappa shape index (κ3) is 4.35. The van der Waals surface area contributed by atoms with Crippen molar-refractivity contribution in [2.45, 2.75) is 51.2 Å². The Bertz CT molecular complexity index is 1360. The highest BCUT2D eigenvalue weighted by molar-refractivity contribution is 6.39. The molecular formula is C28H29Cl2N3O2. The van der Waals surface area contributed by atoms with Crippen molar-refractivity contribution in [3.05, 3.63) is 69.5 Å². The normalized spacial score (nSPS) is 17.0. The van der Waals surface area contributed by atoms with Gasteiger partial charge in [0, 0.05) is 60.0 Å². The summed E-state index contributed by atoms with van der Waals surface area (Å²) in [5, 5.41) is 6.87. The van der Waals surface area contributed by atoms with Crippen molar-refractivity contribution in [3.63, 3.8) is 0 Å². The van der Waals surface area contributed by atoms with E-state index in [1.165, 1.54) is 22.2 Å². The standard InChI is InChI=1S/C28H29Cl2N3O2/c1-17-15-32(2)25-9-8-19(14-21(17)25)33-12-10-20(11-13-33)34-16-22-27(31-35-28(22)18-6-7-18)26-23(29)4-3-5-24(26)30/h3-5,8-9,14-15,18,20H,6-7,10-13,16H2,1-2H3. The molecule has 0 radical (unpaired) electrons. The molecule has 182 valence electrons. The number of piperidine rings is 1. The first kappa shape index (κ1) is 23.0. The zero-order valence-electron chi connectivity index (χ0n) is 20.1. The summed E-state index contributed by atoms with van der Waals surface area (Å²) in [6.45, 7) is 4.59. The van der Waals surface area contributed by atoms with Crippen molar-refractivity contribution in [3.8, 4) is 11.3 Å². The fourth-order valence-electron chi connectivity index (χ4n) is 5.30. The van der Waals surface area contributed by atoms with Gasteiger partial charge in [-0.15, -0.1) is 0 Å². The van der Waals surface area contributed by atoms with Crippen LogP contribution in [0.1, 0.15) is 48.5 Å². The second kappa shape index (κ2) is 9.20. The van der Waals surface area contributed by atoms with Crippen molar-refractivity contribution >= 4 is 39.8 Å². The lowest BCUT2D eigenvalue weighted by Gasteiger charge is -2.33. The number of halogens is 2. The number of hydrogen-bond donors (Lipinski definition) is 0. The Balaban J connectivity index is 1.15. The predicted molar refractivity (Wildman–Crippen MR) is 142 cm³/mol. The fraction of sp³-hybridized carbons (Fsp3) is 0.393. The van der Waals surface area contributed by atoms with Crippen LogP contribution in [0.15, 0.2) is 47.1 Å². The molecule has 0 spiro atoms. The molecule has 0 N–H and O–H groups in total. The van der Waals surface area contributed by atoms with Crippen LogP contribution in [0.2, 0.25) is 10.0 Å². The average Bonchev–Trinajstić information content (AvgIpc) is 3.56. The highest BCUT2D eigenvalue weighted by Crippen LogP contribution is 2.46. The Kier molecular flexibility index (Phi) is 6.03. The molecule has 4 aromatic rings. The second-order valence-corrected chi connectivity index (χ2v) is 10.7. The molecule has 0 bridgehead atoms. The summed E-state index contributed by atoms with van der Waals surface area (Å²) in [4.78, 5) is 2.47. The van der Waals surface area contributed by atoms with E-state index in [-0.39, 0.29) is 6.10 Å². The Labute approximate surface area is 215 Å². The van der Waals surface area contributed by atoms with E-state index in [2.05, 4.69) is 53.0 Å². The lowest BCUT2D eigenvalue weighted by molar-refractivity contribution is 0.0246. The van der Waals surface area contributed by atoms with E-state index in [1.54, 1.807) is 0 Å². The molecule has 0 amide bonds. The molecular weight excluding hydrogens is 481 g/mol. The Morgan fingerprint density at radius 3 is 2.51 bits per heavy atom. The quantitative estimate of drug-likeness (QED) is 0.269. The molecule has 2 fully saturated rings. The molecule has 3 heterocycles.